The normalized spacial score (nSPS) is 15.6. The van der Waals surface area contributed by atoms with Crippen LogP contribution in [0.3, 0.4) is 0 Å². The van der Waals surface area contributed by atoms with Crippen molar-refractivity contribution in [2.75, 3.05) is 38.6 Å². The molecule has 0 radical (unpaired) electrons. The summed E-state index contributed by atoms with van der Waals surface area (Å²) in [6.07, 6.45) is -0.361. The summed E-state index contributed by atoms with van der Waals surface area (Å²) >= 11 is 6.30. The number of carbonyl (C=O) groups excluding carboxylic acids is 3. The molecule has 3 rings (SSSR count). The Bertz CT molecular complexity index is 1090. The largest absolute Gasteiger partial charge is 0.465 e. The Hall–Kier alpha value is -3.46. The van der Waals surface area contributed by atoms with Crippen LogP contribution in [0.15, 0.2) is 48.5 Å². The summed E-state index contributed by atoms with van der Waals surface area (Å²) in [4.78, 5) is 40.8. The zero-order valence-electron chi connectivity index (χ0n) is 21.7. The fraction of sp³-hybridized carbons (Fsp3) is 0.444. The number of ether oxygens (including phenoxy) is 3. The third-order valence-corrected chi connectivity index (χ3v) is 6.08. The van der Waals surface area contributed by atoms with Gasteiger partial charge < -0.3 is 29.3 Å². The summed E-state index contributed by atoms with van der Waals surface area (Å²) in [5.74, 6) is -0.465. The summed E-state index contributed by atoms with van der Waals surface area (Å²) in [6, 6.07) is 14.0. The van der Waals surface area contributed by atoms with Crippen LogP contribution in [0.1, 0.15) is 43.1 Å². The number of hydrogen-bond donors (Lipinski definition) is 1. The van der Waals surface area contributed by atoms with Crippen LogP contribution in [0.2, 0.25) is 5.02 Å². The first-order valence-electron chi connectivity index (χ1n) is 12.1. The first kappa shape index (κ1) is 28.1. The van der Waals surface area contributed by atoms with Gasteiger partial charge in [0.1, 0.15) is 12.2 Å². The number of methoxy groups -OCH3 is 1. The summed E-state index contributed by atoms with van der Waals surface area (Å²) in [6.45, 7) is 7.00. The van der Waals surface area contributed by atoms with Gasteiger partial charge in [-0.25, -0.2) is 14.4 Å². The molecule has 1 heterocycles. The van der Waals surface area contributed by atoms with Crippen LogP contribution in [-0.4, -0.2) is 72.9 Å². The number of halogens is 1. The van der Waals surface area contributed by atoms with Crippen molar-refractivity contribution in [3.8, 4) is 0 Å². The van der Waals surface area contributed by atoms with E-state index in [0.717, 1.165) is 5.56 Å². The zero-order valence-corrected chi connectivity index (χ0v) is 22.4. The second kappa shape index (κ2) is 12.7. The molecular weight excluding hydrogens is 498 g/mol. The predicted molar refractivity (Wildman–Crippen MR) is 141 cm³/mol. The molecule has 1 aliphatic rings. The van der Waals surface area contributed by atoms with Crippen molar-refractivity contribution in [1.29, 1.82) is 0 Å². The van der Waals surface area contributed by atoms with E-state index in [2.05, 4.69) is 5.32 Å². The molecule has 1 aliphatic heterocycles. The average Bonchev–Trinajstić information content (AvgIpc) is 2.87. The van der Waals surface area contributed by atoms with E-state index in [1.165, 1.54) is 7.11 Å². The molecule has 0 aliphatic carbocycles. The van der Waals surface area contributed by atoms with Gasteiger partial charge in [-0.3, -0.25) is 0 Å². The van der Waals surface area contributed by atoms with Gasteiger partial charge in [-0.2, -0.15) is 0 Å². The molecule has 1 N–H and O–H groups in total. The van der Waals surface area contributed by atoms with Crippen LogP contribution in [0, 0.1) is 0 Å². The number of esters is 1. The van der Waals surface area contributed by atoms with Gasteiger partial charge in [-0.15, -0.1) is 0 Å². The standard InChI is InChI=1S/C27H34ClN3O6/c1-27(2,3)37-26(34)31-15-14-30(25(33)36-18-19-8-6-5-7-9-19)17-21(31)12-13-29-23-16-20(24(32)35-4)10-11-22(23)28/h5-11,16,21,29H,12-15,17-18H2,1-4H3/t21-/m1/s1. The number of carbonyl (C=O) groups is 3. The maximum Gasteiger partial charge on any atom is 0.410 e. The van der Waals surface area contributed by atoms with Gasteiger partial charge in [0.25, 0.3) is 0 Å². The van der Waals surface area contributed by atoms with Gasteiger partial charge in [0.15, 0.2) is 0 Å². The molecule has 37 heavy (non-hydrogen) atoms. The second-order valence-electron chi connectivity index (χ2n) is 9.72. The van der Waals surface area contributed by atoms with Crippen molar-refractivity contribution < 1.29 is 28.6 Å². The zero-order chi connectivity index (χ0) is 27.0. The fourth-order valence-corrected chi connectivity index (χ4v) is 4.10. The van der Waals surface area contributed by atoms with E-state index in [1.807, 2.05) is 51.1 Å². The Kier molecular flexibility index (Phi) is 9.63. The molecule has 2 amide bonds. The highest BCUT2D eigenvalue weighted by atomic mass is 35.5. The third kappa shape index (κ3) is 8.28. The Morgan fingerprint density at radius 3 is 2.46 bits per heavy atom. The molecule has 9 nitrogen and oxygen atoms in total. The van der Waals surface area contributed by atoms with Gasteiger partial charge >= 0.3 is 18.2 Å². The number of piperazine rings is 1. The first-order chi connectivity index (χ1) is 17.6. The lowest BCUT2D eigenvalue weighted by Crippen LogP contribution is -2.57. The van der Waals surface area contributed by atoms with Gasteiger partial charge in [0.05, 0.1) is 29.4 Å². The topological polar surface area (TPSA) is 97.4 Å². The van der Waals surface area contributed by atoms with Gasteiger partial charge in [0, 0.05) is 26.2 Å². The molecule has 200 valence electrons. The predicted octanol–water partition coefficient (Wildman–Crippen LogP) is 5.19. The fourth-order valence-electron chi connectivity index (χ4n) is 3.92. The van der Waals surface area contributed by atoms with E-state index < -0.39 is 23.8 Å². The molecule has 1 saturated heterocycles. The molecule has 0 spiro atoms. The maximum atomic E-state index is 12.9. The van der Waals surface area contributed by atoms with Crippen molar-refractivity contribution in [3.05, 3.63) is 64.7 Å². The van der Waals surface area contributed by atoms with Crippen molar-refractivity contribution in [3.63, 3.8) is 0 Å². The molecule has 0 bridgehead atoms. The van der Waals surface area contributed by atoms with Crippen LogP contribution < -0.4 is 5.32 Å². The van der Waals surface area contributed by atoms with Crippen LogP contribution >= 0.6 is 11.6 Å². The summed E-state index contributed by atoms with van der Waals surface area (Å²) < 4.78 is 15.9. The molecule has 1 atom stereocenters. The van der Waals surface area contributed by atoms with Crippen molar-refractivity contribution in [1.82, 2.24) is 9.80 Å². The van der Waals surface area contributed by atoms with Gasteiger partial charge in [-0.1, -0.05) is 41.9 Å². The molecule has 1 fully saturated rings. The molecule has 0 aromatic heterocycles. The van der Waals surface area contributed by atoms with E-state index in [4.69, 9.17) is 25.8 Å². The first-order valence-corrected chi connectivity index (χ1v) is 12.5. The lowest BCUT2D eigenvalue weighted by atomic mass is 10.1. The number of nitrogens with zero attached hydrogens (tertiary/aromatic N) is 2. The Labute approximate surface area is 222 Å². The number of nitrogens with one attached hydrogen (secondary N) is 1. The average molecular weight is 532 g/mol. The number of rotatable bonds is 7. The van der Waals surface area contributed by atoms with Crippen LogP contribution in [0.25, 0.3) is 0 Å². The van der Waals surface area contributed by atoms with Gasteiger partial charge in [-0.05, 0) is 51.0 Å². The summed E-state index contributed by atoms with van der Waals surface area (Å²) in [5.41, 5.74) is 1.20. The Morgan fingerprint density at radius 2 is 1.78 bits per heavy atom. The number of benzene rings is 2. The maximum absolute atomic E-state index is 12.9. The minimum atomic E-state index is -0.645. The van der Waals surface area contributed by atoms with Crippen molar-refractivity contribution in [2.45, 2.75) is 45.4 Å². The second-order valence-corrected chi connectivity index (χ2v) is 10.1. The van der Waals surface area contributed by atoms with E-state index in [9.17, 15) is 14.4 Å². The highest BCUT2D eigenvalue weighted by molar-refractivity contribution is 6.33. The summed E-state index contributed by atoms with van der Waals surface area (Å²) in [5, 5.41) is 3.68. The van der Waals surface area contributed by atoms with Crippen LogP contribution in [0.4, 0.5) is 15.3 Å². The van der Waals surface area contributed by atoms with Crippen LogP contribution in [0.5, 0.6) is 0 Å². The minimum Gasteiger partial charge on any atom is -0.465 e. The van der Waals surface area contributed by atoms with E-state index in [0.29, 0.717) is 48.9 Å². The van der Waals surface area contributed by atoms with E-state index >= 15 is 0 Å². The van der Waals surface area contributed by atoms with E-state index in [1.54, 1.807) is 28.0 Å². The Morgan fingerprint density at radius 1 is 1.05 bits per heavy atom. The third-order valence-electron chi connectivity index (χ3n) is 5.75. The molecule has 2 aromatic rings. The molecular formula is C27H34ClN3O6. The van der Waals surface area contributed by atoms with E-state index in [-0.39, 0.29) is 12.6 Å². The monoisotopic (exact) mass is 531 g/mol. The Balaban J connectivity index is 1.66. The minimum absolute atomic E-state index is 0.174. The lowest BCUT2D eigenvalue weighted by molar-refractivity contribution is -0.00387. The lowest BCUT2D eigenvalue weighted by Gasteiger charge is -2.41. The quantitative estimate of drug-likeness (QED) is 0.388. The highest BCUT2D eigenvalue weighted by Gasteiger charge is 2.35. The number of amides is 2. The molecule has 0 saturated carbocycles. The molecule has 2 aromatic carbocycles. The molecule has 10 heteroatoms. The van der Waals surface area contributed by atoms with Crippen molar-refractivity contribution in [2.24, 2.45) is 0 Å². The number of anilines is 1. The smallest absolute Gasteiger partial charge is 0.410 e. The molecule has 0 unspecified atom stereocenters. The van der Waals surface area contributed by atoms with Crippen LogP contribution in [-0.2, 0) is 20.8 Å². The number of hydrogen-bond acceptors (Lipinski definition) is 7. The van der Waals surface area contributed by atoms with Crippen molar-refractivity contribution >= 4 is 35.4 Å². The highest BCUT2D eigenvalue weighted by Crippen LogP contribution is 2.24. The summed E-state index contributed by atoms with van der Waals surface area (Å²) in [7, 11) is 1.31. The SMILES string of the molecule is COC(=O)c1ccc(Cl)c(NCC[C@@H]2CN(C(=O)OCc3ccccc3)CCN2C(=O)OC(C)(C)C)c1. The van der Waals surface area contributed by atoms with Gasteiger partial charge in [0.2, 0.25) is 0 Å².